The molecule has 0 saturated carbocycles. The van der Waals surface area contributed by atoms with Crippen molar-refractivity contribution in [2.75, 3.05) is 86.6 Å². The predicted octanol–water partition coefficient (Wildman–Crippen LogP) is 4.59. The van der Waals surface area contributed by atoms with Gasteiger partial charge in [0.25, 0.3) is 5.91 Å². The van der Waals surface area contributed by atoms with Crippen LogP contribution >= 0.6 is 25.1 Å². The molecule has 0 aliphatic carbocycles. The van der Waals surface area contributed by atoms with Crippen molar-refractivity contribution in [1.29, 1.82) is 0 Å². The molecule has 2 aromatic heterocycles. The smallest absolute Gasteiger partial charge is 0.305 e. The van der Waals surface area contributed by atoms with Crippen LogP contribution in [0.5, 0.6) is 5.75 Å². The number of pyridine rings is 1. The van der Waals surface area contributed by atoms with E-state index in [0.29, 0.717) is 87.8 Å². The Kier molecular flexibility index (Phi) is 26.7. The highest BCUT2D eigenvalue weighted by molar-refractivity contribution is 7.59. The van der Waals surface area contributed by atoms with Crippen LogP contribution in [0.4, 0.5) is 0 Å². The summed E-state index contributed by atoms with van der Waals surface area (Å²) in [7, 11) is 4.01. The van der Waals surface area contributed by atoms with Crippen LogP contribution in [0.3, 0.4) is 0 Å². The van der Waals surface area contributed by atoms with Crippen molar-refractivity contribution in [1.82, 2.24) is 24.8 Å². The van der Waals surface area contributed by atoms with Gasteiger partial charge >= 0.3 is 5.97 Å². The van der Waals surface area contributed by atoms with Crippen molar-refractivity contribution in [3.05, 3.63) is 65.6 Å². The molecule has 49 heavy (non-hydrogen) atoms. The first kappa shape index (κ1) is 45.8. The van der Waals surface area contributed by atoms with Crippen LogP contribution in [-0.2, 0) is 30.3 Å². The monoisotopic (exact) mass is 727 g/mol. The topological polar surface area (TPSA) is 146 Å². The third-order valence-electron chi connectivity index (χ3n) is 5.91. The Balaban J connectivity index is 0.00000306. The maximum absolute atomic E-state index is 12.7. The van der Waals surface area contributed by atoms with Gasteiger partial charge in [0.1, 0.15) is 23.6 Å². The first-order valence-electron chi connectivity index (χ1n) is 16.0. The summed E-state index contributed by atoms with van der Waals surface area (Å²) in [5.41, 5.74) is 2.63. The molecule has 0 atom stereocenters. The molecule has 15 heteroatoms. The van der Waals surface area contributed by atoms with Crippen LogP contribution in [0.25, 0.3) is 11.2 Å². The molecule has 0 aliphatic heterocycles. The number of para-hydroxylation sites is 1. The quantitative estimate of drug-likeness (QED) is 0.140. The first-order valence-corrected chi connectivity index (χ1v) is 16.3. The number of hydrogen-bond donors (Lipinski definition) is 2. The minimum Gasteiger partial charge on any atom is -0.492 e. The van der Waals surface area contributed by atoms with Crippen molar-refractivity contribution in [2.45, 2.75) is 33.7 Å². The molecule has 3 rings (SSSR count). The van der Waals surface area contributed by atoms with Crippen LogP contribution in [0.2, 0.25) is 0 Å². The zero-order valence-corrected chi connectivity index (χ0v) is 31.2. The lowest BCUT2D eigenvalue weighted by Gasteiger charge is -2.14. The van der Waals surface area contributed by atoms with Crippen LogP contribution in [-0.4, -0.2) is 123 Å². The second-order valence-electron chi connectivity index (χ2n) is 10.2. The maximum Gasteiger partial charge on any atom is 0.305 e. The molecule has 0 radical (unpaired) electrons. The van der Waals surface area contributed by atoms with Gasteiger partial charge in [0.15, 0.2) is 5.65 Å². The van der Waals surface area contributed by atoms with E-state index in [1.165, 1.54) is 0 Å². The molecule has 276 valence electrons. The number of nitrogens with zero attached hydrogens (tertiary/aromatic N) is 4. The van der Waals surface area contributed by atoms with Gasteiger partial charge in [-0.2, -0.15) is 13.5 Å². The molecule has 0 saturated heterocycles. The number of carboxylic acid groups (broad SMARTS) is 1. The van der Waals surface area contributed by atoms with E-state index >= 15 is 0 Å². The molecule has 0 fully saturated rings. The van der Waals surface area contributed by atoms with E-state index in [4.69, 9.17) is 40.4 Å². The second kappa shape index (κ2) is 28.6. The summed E-state index contributed by atoms with van der Waals surface area (Å²) in [6.07, 6.45) is 1.70. The Morgan fingerprint density at radius 3 is 2.08 bits per heavy atom. The second-order valence-corrected chi connectivity index (χ2v) is 10.8. The normalized spacial score (nSPS) is 10.3. The Labute approximate surface area is 302 Å². The standard InChI is InChI=1S/C29H41N5O8.C3H5Cl.C2H6.H2S/c1-33(2)11-14-42-26-6-4-3-5-23(26)21-34-22-31-24-7-8-25(32-28(24)34)29(37)30-10-13-39-16-18-41-20-19-40-17-15-38-12-9-27(35)36;1-3(2)4;1-2;/h3-8,22H,9-21H2,1-2H3,(H,30,37)(H,35,36);1H2,2H3;1-2H3;1H2. The van der Waals surface area contributed by atoms with Gasteiger partial charge in [-0.1, -0.05) is 50.2 Å². The highest BCUT2D eigenvalue weighted by Gasteiger charge is 2.13. The highest BCUT2D eigenvalue weighted by Crippen LogP contribution is 2.21. The average molecular weight is 728 g/mol. The fourth-order valence-electron chi connectivity index (χ4n) is 3.73. The summed E-state index contributed by atoms with van der Waals surface area (Å²) >= 11 is 5.08. The summed E-state index contributed by atoms with van der Waals surface area (Å²) in [5.74, 6) is -0.366. The van der Waals surface area contributed by atoms with E-state index in [1.54, 1.807) is 25.4 Å². The van der Waals surface area contributed by atoms with Crippen LogP contribution < -0.4 is 10.1 Å². The molecule has 0 spiro atoms. The van der Waals surface area contributed by atoms with Crippen molar-refractivity contribution < 1.29 is 38.4 Å². The molecule has 2 N–H and O–H groups in total. The van der Waals surface area contributed by atoms with E-state index in [0.717, 1.165) is 17.9 Å². The molecule has 13 nitrogen and oxygen atoms in total. The number of halogens is 1. The molecule has 3 aromatic rings. The third kappa shape index (κ3) is 21.5. The summed E-state index contributed by atoms with van der Waals surface area (Å²) < 4.78 is 29.3. The third-order valence-corrected chi connectivity index (χ3v) is 5.91. The summed E-state index contributed by atoms with van der Waals surface area (Å²) in [4.78, 5) is 34.1. The lowest BCUT2D eigenvalue weighted by molar-refractivity contribution is -0.138. The fourth-order valence-corrected chi connectivity index (χ4v) is 3.73. The Bertz CT molecular complexity index is 1340. The Morgan fingerprint density at radius 1 is 0.918 bits per heavy atom. The molecule has 0 aliphatic rings. The molecular formula is C34H54ClN5O8S. The van der Waals surface area contributed by atoms with E-state index in [9.17, 15) is 9.59 Å². The van der Waals surface area contributed by atoms with E-state index < -0.39 is 5.97 Å². The van der Waals surface area contributed by atoms with Crippen molar-refractivity contribution in [2.24, 2.45) is 0 Å². The number of carbonyl (C=O) groups excluding carboxylic acids is 1. The number of nitrogens with one attached hydrogen (secondary N) is 1. The number of imidazole rings is 1. The minimum atomic E-state index is -0.886. The largest absolute Gasteiger partial charge is 0.492 e. The summed E-state index contributed by atoms with van der Waals surface area (Å²) in [6, 6.07) is 11.3. The van der Waals surface area contributed by atoms with Crippen molar-refractivity contribution >= 4 is 48.1 Å². The van der Waals surface area contributed by atoms with E-state index in [1.807, 2.05) is 56.8 Å². The molecule has 0 bridgehead atoms. The van der Waals surface area contributed by atoms with Gasteiger partial charge in [0.05, 0.1) is 72.1 Å². The zero-order chi connectivity index (χ0) is 35.6. The van der Waals surface area contributed by atoms with E-state index in [-0.39, 0.29) is 32.4 Å². The minimum absolute atomic E-state index is 0. The summed E-state index contributed by atoms with van der Waals surface area (Å²) in [6.45, 7) is 14.1. The number of carboxylic acids is 1. The van der Waals surface area contributed by atoms with Gasteiger partial charge in [-0.15, -0.1) is 0 Å². The zero-order valence-electron chi connectivity index (χ0n) is 29.4. The number of hydrogen-bond acceptors (Lipinski definition) is 10. The van der Waals surface area contributed by atoms with Gasteiger partial charge in [0.2, 0.25) is 0 Å². The SMILES string of the molecule is C=C(C)Cl.CC.CN(C)CCOc1ccccc1Cn1cnc2ccc(C(=O)NCCOCCOCCOCCOCCC(=O)O)nc21.S. The van der Waals surface area contributed by atoms with Crippen LogP contribution in [0.1, 0.15) is 43.2 Å². The number of carbonyl (C=O) groups is 2. The number of fused-ring (bicyclic) bond motifs is 1. The number of aliphatic carboxylic acids is 1. The van der Waals surface area contributed by atoms with E-state index in [2.05, 4.69) is 26.8 Å². The lowest BCUT2D eigenvalue weighted by Crippen LogP contribution is -2.28. The van der Waals surface area contributed by atoms with Gasteiger partial charge in [-0.3, -0.25) is 9.59 Å². The number of benzene rings is 1. The molecule has 1 aromatic carbocycles. The van der Waals surface area contributed by atoms with Crippen LogP contribution in [0.15, 0.2) is 54.3 Å². The number of allylic oxidation sites excluding steroid dienone is 1. The van der Waals surface area contributed by atoms with Gasteiger partial charge < -0.3 is 43.6 Å². The summed E-state index contributed by atoms with van der Waals surface area (Å²) in [5, 5.41) is 12.0. The fraction of sp³-hybridized carbons (Fsp3) is 0.529. The molecule has 2 heterocycles. The van der Waals surface area contributed by atoms with Crippen molar-refractivity contribution in [3.63, 3.8) is 0 Å². The van der Waals surface area contributed by atoms with Crippen LogP contribution in [0, 0.1) is 0 Å². The lowest BCUT2D eigenvalue weighted by atomic mass is 10.2. The van der Waals surface area contributed by atoms with Gasteiger partial charge in [0, 0.05) is 23.7 Å². The molecule has 1 amide bonds. The predicted molar refractivity (Wildman–Crippen MR) is 197 cm³/mol. The molecular weight excluding hydrogens is 674 g/mol. The Hall–Kier alpha value is -3.24. The first-order chi connectivity index (χ1) is 23.2. The van der Waals surface area contributed by atoms with Gasteiger partial charge in [-0.05, 0) is 39.2 Å². The number of likely N-dealkylation sites (N-methyl/N-ethyl adjacent to an activating group) is 1. The number of ether oxygens (including phenoxy) is 5. The average Bonchev–Trinajstić information content (AvgIpc) is 3.45. The Morgan fingerprint density at radius 2 is 1.49 bits per heavy atom. The maximum atomic E-state index is 12.7. The molecule has 0 unspecified atom stereocenters. The van der Waals surface area contributed by atoms with Crippen molar-refractivity contribution in [3.8, 4) is 5.75 Å². The number of rotatable bonds is 22. The number of aromatic nitrogens is 3. The number of amides is 1. The van der Waals surface area contributed by atoms with Gasteiger partial charge in [-0.25, -0.2) is 9.97 Å². The highest BCUT2D eigenvalue weighted by atomic mass is 35.5.